The minimum absolute atomic E-state index is 0.188. The molecule has 0 bridgehead atoms. The average molecular weight is 541 g/mol. The predicted molar refractivity (Wildman–Crippen MR) is 155 cm³/mol. The van der Waals surface area contributed by atoms with Gasteiger partial charge in [-0.3, -0.25) is 14.5 Å². The first-order valence-corrected chi connectivity index (χ1v) is 13.0. The van der Waals surface area contributed by atoms with Crippen LogP contribution in [0, 0.1) is 6.92 Å². The Morgan fingerprint density at radius 1 is 0.927 bits per heavy atom. The van der Waals surface area contributed by atoms with Crippen LogP contribution in [0.15, 0.2) is 97.0 Å². The number of aromatic nitrogens is 8. The van der Waals surface area contributed by atoms with E-state index in [-0.39, 0.29) is 5.91 Å². The first-order chi connectivity index (χ1) is 20.0. The molecule has 11 nitrogen and oxygen atoms in total. The van der Waals surface area contributed by atoms with Crippen LogP contribution in [0.2, 0.25) is 0 Å². The number of rotatable bonds is 5. The van der Waals surface area contributed by atoms with Crippen LogP contribution >= 0.6 is 0 Å². The van der Waals surface area contributed by atoms with E-state index in [0.717, 1.165) is 28.0 Å². The van der Waals surface area contributed by atoms with E-state index < -0.39 is 0 Å². The highest BCUT2D eigenvalue weighted by Gasteiger charge is 2.18. The van der Waals surface area contributed by atoms with Crippen molar-refractivity contribution in [3.63, 3.8) is 0 Å². The Hall–Kier alpha value is -5.84. The highest BCUT2D eigenvalue weighted by atomic mass is 16.1. The summed E-state index contributed by atoms with van der Waals surface area (Å²) in [4.78, 5) is 34.8. The number of amides is 1. The minimum Gasteiger partial charge on any atom is -0.365 e. The lowest BCUT2D eigenvalue weighted by Gasteiger charge is -2.07. The Morgan fingerprint density at radius 3 is 2.63 bits per heavy atom. The number of benzene rings is 1. The molecule has 200 valence electrons. The van der Waals surface area contributed by atoms with E-state index in [9.17, 15) is 4.79 Å². The number of hydrogen-bond acceptors (Lipinski definition) is 7. The van der Waals surface area contributed by atoms with Crippen LogP contribution < -0.4 is 10.6 Å². The summed E-state index contributed by atoms with van der Waals surface area (Å²) in [5.74, 6) is 1.05. The monoisotopic (exact) mass is 540 g/mol. The molecule has 6 aromatic rings. The second-order valence-electron chi connectivity index (χ2n) is 9.69. The minimum atomic E-state index is -0.188. The standard InChI is InChI=1S/C30H24N10O/c1-17-12-21(34-30(41)19-6-4-3-5-7-19)13-20(14-32-17)22-8-9-24-25(35-22)27(39-38-24)28-36-23-10-11-31-29(26(23)37-28)40-15-18(2)33-16-40/h3-16,32H,1-2H3,(H,34,41)(H,36,37)(H,38,39). The number of aryl methyl sites for hydroxylation is 1. The number of hydrogen-bond donors (Lipinski definition) is 4. The lowest BCUT2D eigenvalue weighted by atomic mass is 10.1. The van der Waals surface area contributed by atoms with Crippen LogP contribution in [0.4, 0.5) is 0 Å². The third-order valence-electron chi connectivity index (χ3n) is 6.70. The second-order valence-corrected chi connectivity index (χ2v) is 9.69. The third-order valence-corrected chi connectivity index (χ3v) is 6.70. The van der Waals surface area contributed by atoms with Gasteiger partial charge in [-0.2, -0.15) is 5.10 Å². The summed E-state index contributed by atoms with van der Waals surface area (Å²) in [6.45, 7) is 3.86. The Morgan fingerprint density at radius 2 is 1.80 bits per heavy atom. The van der Waals surface area contributed by atoms with Gasteiger partial charge in [0.15, 0.2) is 17.3 Å². The zero-order valence-corrected chi connectivity index (χ0v) is 22.2. The summed E-state index contributed by atoms with van der Waals surface area (Å²) in [7, 11) is 0. The van der Waals surface area contributed by atoms with E-state index in [1.54, 1.807) is 24.7 Å². The molecule has 0 saturated heterocycles. The van der Waals surface area contributed by atoms with Gasteiger partial charge in [-0.25, -0.2) is 19.9 Å². The molecule has 6 heterocycles. The van der Waals surface area contributed by atoms with E-state index >= 15 is 0 Å². The molecule has 0 saturated carbocycles. The van der Waals surface area contributed by atoms with Crippen molar-refractivity contribution in [2.45, 2.75) is 13.8 Å². The maximum absolute atomic E-state index is 12.8. The van der Waals surface area contributed by atoms with Crippen molar-refractivity contribution in [2.24, 2.45) is 0 Å². The summed E-state index contributed by atoms with van der Waals surface area (Å²) in [6, 6.07) is 14.8. The van der Waals surface area contributed by atoms with Crippen molar-refractivity contribution in [1.82, 2.24) is 50.3 Å². The summed E-state index contributed by atoms with van der Waals surface area (Å²) in [5, 5.41) is 13.9. The van der Waals surface area contributed by atoms with Gasteiger partial charge in [0.25, 0.3) is 5.91 Å². The van der Waals surface area contributed by atoms with Crippen LogP contribution in [0.3, 0.4) is 0 Å². The molecule has 1 aliphatic heterocycles. The number of aromatic amines is 2. The second kappa shape index (κ2) is 9.72. The smallest absolute Gasteiger partial charge is 0.255 e. The van der Waals surface area contributed by atoms with Crippen molar-refractivity contribution in [1.29, 1.82) is 0 Å². The zero-order valence-electron chi connectivity index (χ0n) is 22.2. The molecule has 0 atom stereocenters. The number of pyridine rings is 2. The lowest BCUT2D eigenvalue weighted by molar-refractivity contribution is 0.0967. The van der Waals surface area contributed by atoms with Crippen LogP contribution in [-0.4, -0.2) is 45.6 Å². The van der Waals surface area contributed by atoms with Gasteiger partial charge in [-0.05, 0) is 56.3 Å². The lowest BCUT2D eigenvalue weighted by Crippen LogP contribution is -2.22. The fourth-order valence-electron chi connectivity index (χ4n) is 4.71. The highest BCUT2D eigenvalue weighted by molar-refractivity contribution is 5.96. The van der Waals surface area contributed by atoms with Crippen molar-refractivity contribution >= 4 is 33.5 Å². The van der Waals surface area contributed by atoms with Gasteiger partial charge in [0.1, 0.15) is 17.4 Å². The molecule has 0 unspecified atom stereocenters. The number of fused-ring (bicyclic) bond motifs is 2. The van der Waals surface area contributed by atoms with Crippen LogP contribution in [-0.2, 0) is 0 Å². The van der Waals surface area contributed by atoms with Crippen molar-refractivity contribution in [3.05, 3.63) is 114 Å². The first-order valence-electron chi connectivity index (χ1n) is 13.0. The maximum Gasteiger partial charge on any atom is 0.255 e. The number of imidazole rings is 2. The van der Waals surface area contributed by atoms with Gasteiger partial charge >= 0.3 is 0 Å². The van der Waals surface area contributed by atoms with Crippen LogP contribution in [0.25, 0.3) is 45.0 Å². The molecule has 1 amide bonds. The first kappa shape index (κ1) is 24.2. The largest absolute Gasteiger partial charge is 0.365 e. The molecule has 0 fully saturated rings. The summed E-state index contributed by atoms with van der Waals surface area (Å²) in [6.07, 6.45) is 11.0. The number of allylic oxidation sites excluding steroid dienone is 4. The molecule has 0 radical (unpaired) electrons. The van der Waals surface area contributed by atoms with E-state index in [0.29, 0.717) is 45.3 Å². The fourth-order valence-corrected chi connectivity index (χ4v) is 4.71. The van der Waals surface area contributed by atoms with Crippen molar-refractivity contribution in [3.8, 4) is 17.3 Å². The molecule has 0 spiro atoms. The van der Waals surface area contributed by atoms with E-state index in [2.05, 4.69) is 35.8 Å². The van der Waals surface area contributed by atoms with Gasteiger partial charge in [-0.1, -0.05) is 18.2 Å². The normalized spacial score (nSPS) is 13.4. The van der Waals surface area contributed by atoms with Crippen LogP contribution in [0.5, 0.6) is 0 Å². The summed E-state index contributed by atoms with van der Waals surface area (Å²) < 4.78 is 1.85. The Kier molecular flexibility index (Phi) is 5.74. The van der Waals surface area contributed by atoms with E-state index in [1.807, 2.05) is 79.4 Å². The Labute approximate surface area is 233 Å². The molecule has 0 aliphatic carbocycles. The van der Waals surface area contributed by atoms with Gasteiger partial charge in [-0.15, -0.1) is 0 Å². The van der Waals surface area contributed by atoms with Crippen LogP contribution in [0.1, 0.15) is 28.7 Å². The number of H-pyrrole nitrogens is 2. The number of nitrogens with one attached hydrogen (secondary N) is 4. The van der Waals surface area contributed by atoms with Crippen molar-refractivity contribution < 1.29 is 4.79 Å². The zero-order chi connectivity index (χ0) is 27.9. The topological polar surface area (TPSA) is 142 Å². The van der Waals surface area contributed by atoms with E-state index in [4.69, 9.17) is 9.97 Å². The molecule has 11 heteroatoms. The molecule has 1 aromatic carbocycles. The number of nitrogens with zero attached hydrogens (tertiary/aromatic N) is 6. The Bertz CT molecular complexity index is 2040. The van der Waals surface area contributed by atoms with E-state index in [1.165, 1.54) is 0 Å². The fraction of sp³-hybridized carbons (Fsp3) is 0.0667. The quantitative estimate of drug-likeness (QED) is 0.251. The predicted octanol–water partition coefficient (Wildman–Crippen LogP) is 4.55. The molecular formula is C30H24N10O. The highest BCUT2D eigenvalue weighted by Crippen LogP contribution is 2.29. The van der Waals surface area contributed by atoms with Crippen molar-refractivity contribution in [2.75, 3.05) is 0 Å². The van der Waals surface area contributed by atoms with Gasteiger partial charge in [0.2, 0.25) is 0 Å². The number of carbonyl (C=O) groups excluding carboxylic acids is 1. The molecule has 5 aromatic heterocycles. The molecule has 1 aliphatic rings. The molecule has 4 N–H and O–H groups in total. The summed E-state index contributed by atoms with van der Waals surface area (Å²) >= 11 is 0. The molecular weight excluding hydrogens is 516 g/mol. The number of carbonyl (C=O) groups is 1. The third kappa shape index (κ3) is 4.55. The Balaban J connectivity index is 1.26. The maximum atomic E-state index is 12.8. The van der Waals surface area contributed by atoms with Gasteiger partial charge < -0.3 is 15.6 Å². The summed E-state index contributed by atoms with van der Waals surface area (Å²) in [5.41, 5.74) is 8.03. The molecule has 41 heavy (non-hydrogen) atoms. The SMILES string of the molecule is CC1=CC(NC(=O)c2ccccc2)=CC(c2ccc3[nH]nc(-c4nc5c(-n6cnc(C)c6)nccc5[nH]4)c3n2)=CN1. The van der Waals surface area contributed by atoms with Gasteiger partial charge in [0.05, 0.1) is 22.4 Å². The molecule has 7 rings (SSSR count). The van der Waals surface area contributed by atoms with Gasteiger partial charge in [0, 0.05) is 41.1 Å². The average Bonchev–Trinajstić information content (AvgIpc) is 3.70.